The molecule has 0 saturated carbocycles. The molecule has 0 spiro atoms. The first-order chi connectivity index (χ1) is 19.0. The first-order valence-corrected chi connectivity index (χ1v) is 14.1. The third-order valence-electron chi connectivity index (χ3n) is 6.24. The average molecular weight is 553 g/mol. The SMILES string of the molecule is CSc1ccc(C(=O)/C(Cc2ccc(OCc3ccccc3)cc2)=C(/C(=O)O)c2ccc3nsnc3c2)cc1. The van der Waals surface area contributed by atoms with Crippen molar-refractivity contribution >= 4 is 51.8 Å². The molecule has 0 amide bonds. The maximum atomic E-state index is 13.8. The van der Waals surface area contributed by atoms with E-state index in [9.17, 15) is 14.7 Å². The molecule has 0 aliphatic heterocycles. The Balaban J connectivity index is 1.50. The number of hydrogen-bond donors (Lipinski definition) is 1. The van der Waals surface area contributed by atoms with Gasteiger partial charge in [-0.3, -0.25) is 4.79 Å². The summed E-state index contributed by atoms with van der Waals surface area (Å²) in [5.41, 5.74) is 4.11. The number of thioether (sulfide) groups is 1. The van der Waals surface area contributed by atoms with Crippen LogP contribution in [0.2, 0.25) is 0 Å². The van der Waals surface area contributed by atoms with Gasteiger partial charge in [0.25, 0.3) is 0 Å². The number of ketones is 1. The van der Waals surface area contributed by atoms with Crippen molar-refractivity contribution in [3.63, 3.8) is 0 Å². The van der Waals surface area contributed by atoms with E-state index in [0.29, 0.717) is 34.5 Å². The maximum absolute atomic E-state index is 13.8. The van der Waals surface area contributed by atoms with Crippen LogP contribution in [0.1, 0.15) is 27.0 Å². The summed E-state index contributed by atoms with van der Waals surface area (Å²) in [6, 6.07) is 29.5. The van der Waals surface area contributed by atoms with E-state index < -0.39 is 5.97 Å². The van der Waals surface area contributed by atoms with Gasteiger partial charge in [-0.15, -0.1) is 11.8 Å². The summed E-state index contributed by atoms with van der Waals surface area (Å²) in [7, 11) is 0. The van der Waals surface area contributed by atoms with Crippen LogP contribution in [0.5, 0.6) is 5.75 Å². The number of carbonyl (C=O) groups excluding carboxylic acids is 1. The number of hydrogen-bond acceptors (Lipinski definition) is 7. The number of Topliss-reactive ketones (excluding diaryl/α,β-unsaturated/α-hetero) is 1. The van der Waals surface area contributed by atoms with Crippen LogP contribution in [0, 0.1) is 0 Å². The Kier molecular flexibility index (Phi) is 8.15. The van der Waals surface area contributed by atoms with E-state index in [2.05, 4.69) is 8.75 Å². The van der Waals surface area contributed by atoms with E-state index in [0.717, 1.165) is 27.8 Å². The minimum atomic E-state index is -1.18. The molecule has 6 nitrogen and oxygen atoms in total. The van der Waals surface area contributed by atoms with E-state index in [1.165, 1.54) is 0 Å². The number of carbonyl (C=O) groups is 2. The average Bonchev–Trinajstić information content (AvgIpc) is 3.45. The van der Waals surface area contributed by atoms with Gasteiger partial charge in [-0.25, -0.2) is 4.79 Å². The fourth-order valence-corrected chi connectivity index (χ4v) is 5.14. The van der Waals surface area contributed by atoms with Crippen LogP contribution in [-0.2, 0) is 17.8 Å². The summed E-state index contributed by atoms with van der Waals surface area (Å²) in [5, 5.41) is 10.3. The zero-order valence-electron chi connectivity index (χ0n) is 21.0. The molecule has 0 unspecified atom stereocenters. The summed E-state index contributed by atoms with van der Waals surface area (Å²) in [4.78, 5) is 27.5. The lowest BCUT2D eigenvalue weighted by Gasteiger charge is -2.14. The van der Waals surface area contributed by atoms with Crippen molar-refractivity contribution in [2.45, 2.75) is 17.9 Å². The van der Waals surface area contributed by atoms with Crippen LogP contribution >= 0.6 is 23.5 Å². The highest BCUT2D eigenvalue weighted by molar-refractivity contribution is 7.98. The zero-order chi connectivity index (χ0) is 27.2. The van der Waals surface area contributed by atoms with Crippen LogP contribution in [0.3, 0.4) is 0 Å². The van der Waals surface area contributed by atoms with Crippen LogP contribution in [0.25, 0.3) is 16.6 Å². The molecule has 0 aliphatic rings. The summed E-state index contributed by atoms with van der Waals surface area (Å²) >= 11 is 2.63. The summed E-state index contributed by atoms with van der Waals surface area (Å²) in [6.07, 6.45) is 2.10. The topological polar surface area (TPSA) is 89.4 Å². The Labute approximate surface area is 234 Å². The number of allylic oxidation sites excluding steroid dienone is 1. The molecule has 194 valence electrons. The van der Waals surface area contributed by atoms with E-state index in [4.69, 9.17) is 4.74 Å². The minimum Gasteiger partial charge on any atom is -0.489 e. The first-order valence-electron chi connectivity index (χ1n) is 12.2. The number of benzene rings is 4. The summed E-state index contributed by atoms with van der Waals surface area (Å²) < 4.78 is 14.3. The van der Waals surface area contributed by atoms with Gasteiger partial charge in [0.15, 0.2) is 5.78 Å². The lowest BCUT2D eigenvalue weighted by Crippen LogP contribution is -2.14. The van der Waals surface area contributed by atoms with Gasteiger partial charge in [0.2, 0.25) is 0 Å². The third kappa shape index (κ3) is 6.25. The molecule has 1 heterocycles. The van der Waals surface area contributed by atoms with Gasteiger partial charge < -0.3 is 9.84 Å². The molecule has 5 rings (SSSR count). The second-order valence-corrected chi connectivity index (χ2v) is 10.2. The third-order valence-corrected chi connectivity index (χ3v) is 7.54. The highest BCUT2D eigenvalue weighted by Gasteiger charge is 2.24. The highest BCUT2D eigenvalue weighted by atomic mass is 32.2. The van der Waals surface area contributed by atoms with E-state index >= 15 is 0 Å². The maximum Gasteiger partial charge on any atom is 0.336 e. The van der Waals surface area contributed by atoms with E-state index in [-0.39, 0.29) is 23.4 Å². The second-order valence-electron chi connectivity index (χ2n) is 8.78. The quantitative estimate of drug-likeness (QED) is 0.114. The fourth-order valence-electron chi connectivity index (χ4n) is 4.21. The lowest BCUT2D eigenvalue weighted by atomic mass is 9.89. The molecular weight excluding hydrogens is 528 g/mol. The molecule has 0 saturated heterocycles. The van der Waals surface area contributed by atoms with Crippen molar-refractivity contribution in [2.24, 2.45) is 0 Å². The van der Waals surface area contributed by atoms with E-state index in [1.807, 2.05) is 73.0 Å². The molecule has 0 fully saturated rings. The Morgan fingerprint density at radius 1 is 0.821 bits per heavy atom. The molecule has 0 radical (unpaired) electrons. The highest BCUT2D eigenvalue weighted by Crippen LogP contribution is 2.29. The normalized spacial score (nSPS) is 11.7. The number of carboxylic acids is 1. The largest absolute Gasteiger partial charge is 0.489 e. The molecule has 39 heavy (non-hydrogen) atoms. The Morgan fingerprint density at radius 2 is 1.51 bits per heavy atom. The Bertz CT molecular complexity index is 1640. The number of rotatable bonds is 10. The molecule has 4 aromatic carbocycles. The molecule has 1 aromatic heterocycles. The van der Waals surface area contributed by atoms with Gasteiger partial charge >= 0.3 is 5.97 Å². The van der Waals surface area contributed by atoms with Crippen molar-refractivity contribution in [3.8, 4) is 5.75 Å². The van der Waals surface area contributed by atoms with Gasteiger partial charge in [-0.1, -0.05) is 48.5 Å². The van der Waals surface area contributed by atoms with Gasteiger partial charge in [0.1, 0.15) is 23.4 Å². The number of aromatic nitrogens is 2. The molecule has 8 heteroatoms. The minimum absolute atomic E-state index is 0.0479. The number of aliphatic carboxylic acids is 1. The fraction of sp³-hybridized carbons (Fsp3) is 0.0968. The number of carboxylic acid groups (broad SMARTS) is 1. The molecule has 1 N–H and O–H groups in total. The van der Waals surface area contributed by atoms with Crippen molar-refractivity contribution in [1.29, 1.82) is 0 Å². The first kappa shape index (κ1) is 26.3. The zero-order valence-corrected chi connectivity index (χ0v) is 22.7. The Morgan fingerprint density at radius 3 is 2.21 bits per heavy atom. The molecular formula is C31H24N2O4S2. The van der Waals surface area contributed by atoms with Crippen LogP contribution in [0.15, 0.2) is 108 Å². The summed E-state index contributed by atoms with van der Waals surface area (Å²) in [6.45, 7) is 0.437. The van der Waals surface area contributed by atoms with Crippen LogP contribution < -0.4 is 4.74 Å². The number of fused-ring (bicyclic) bond motifs is 1. The monoisotopic (exact) mass is 552 g/mol. The van der Waals surface area contributed by atoms with Crippen molar-refractivity contribution in [2.75, 3.05) is 6.26 Å². The van der Waals surface area contributed by atoms with E-state index in [1.54, 1.807) is 42.1 Å². The Hall–Kier alpha value is -4.27. The van der Waals surface area contributed by atoms with Gasteiger partial charge in [0.05, 0.1) is 17.3 Å². The number of nitrogens with zero attached hydrogens (tertiary/aromatic N) is 2. The van der Waals surface area contributed by atoms with Gasteiger partial charge in [-0.2, -0.15) is 8.75 Å². The smallest absolute Gasteiger partial charge is 0.336 e. The standard InChI is InChI=1S/C31H24N2O4S2/c1-38-25-14-9-22(10-15-25)30(34)26(29(31(35)36)23-11-16-27-28(18-23)33-39-32-27)17-20-7-12-24(13-8-20)37-19-21-5-3-2-4-6-21/h2-16,18H,17,19H2,1H3,(H,35,36)/b29-26+. The predicted octanol–water partition coefficient (Wildman–Crippen LogP) is 6.96. The van der Waals surface area contributed by atoms with Crippen molar-refractivity contribution in [1.82, 2.24) is 8.75 Å². The lowest BCUT2D eigenvalue weighted by molar-refractivity contribution is -0.130. The van der Waals surface area contributed by atoms with Gasteiger partial charge in [0, 0.05) is 22.5 Å². The van der Waals surface area contributed by atoms with Crippen molar-refractivity contribution < 1.29 is 19.4 Å². The van der Waals surface area contributed by atoms with Crippen LogP contribution in [0.4, 0.5) is 0 Å². The molecule has 5 aromatic rings. The van der Waals surface area contributed by atoms with Crippen LogP contribution in [-0.4, -0.2) is 31.9 Å². The molecule has 0 atom stereocenters. The van der Waals surface area contributed by atoms with Gasteiger partial charge in [-0.05, 0) is 71.5 Å². The summed E-state index contributed by atoms with van der Waals surface area (Å²) in [5.74, 6) is -0.822. The second kappa shape index (κ2) is 12.1. The molecule has 0 aliphatic carbocycles. The molecule has 0 bridgehead atoms. The predicted molar refractivity (Wildman–Crippen MR) is 155 cm³/mol. The van der Waals surface area contributed by atoms with Crippen molar-refractivity contribution in [3.05, 3.63) is 125 Å². The number of ether oxygens (including phenoxy) is 1.